The van der Waals surface area contributed by atoms with Crippen LogP contribution in [0.3, 0.4) is 0 Å². The Hall–Kier alpha value is -4.70. The van der Waals surface area contributed by atoms with Gasteiger partial charge in [-0.05, 0) is 79.4 Å². The summed E-state index contributed by atoms with van der Waals surface area (Å²) in [5, 5.41) is 3.20. The third-order valence-electron chi connectivity index (χ3n) is 8.71. The second kappa shape index (κ2) is 15.9. The van der Waals surface area contributed by atoms with E-state index in [1.165, 1.54) is 29.2 Å². The third-order valence-corrected chi connectivity index (χ3v) is 10.5. The number of sulfonamides is 1. The Morgan fingerprint density at radius 2 is 1.54 bits per heavy atom. The molecule has 1 N–H and O–H groups in total. The minimum absolute atomic E-state index is 0.00377. The van der Waals surface area contributed by atoms with Crippen LogP contribution in [0.25, 0.3) is 0 Å². The summed E-state index contributed by atoms with van der Waals surface area (Å²) in [6, 6.07) is 27.0. The molecule has 2 amide bonds. The molecular weight excluding hydrogens is 629 g/mol. The Kier molecular flexibility index (Phi) is 11.5. The molecule has 1 fully saturated rings. The van der Waals surface area contributed by atoms with Crippen LogP contribution in [-0.4, -0.2) is 50.9 Å². The fourth-order valence-electron chi connectivity index (χ4n) is 6.04. The Morgan fingerprint density at radius 1 is 0.875 bits per heavy atom. The van der Waals surface area contributed by atoms with Crippen molar-refractivity contribution in [1.82, 2.24) is 10.2 Å². The van der Waals surface area contributed by atoms with Gasteiger partial charge < -0.3 is 15.0 Å². The number of hydrogen-bond donors (Lipinski definition) is 1. The van der Waals surface area contributed by atoms with Gasteiger partial charge in [0.25, 0.3) is 10.0 Å². The molecule has 10 heteroatoms. The molecule has 0 saturated heterocycles. The lowest BCUT2D eigenvalue weighted by Crippen LogP contribution is -2.55. The number of rotatable bonds is 13. The summed E-state index contributed by atoms with van der Waals surface area (Å²) >= 11 is 0. The lowest BCUT2D eigenvalue weighted by molar-refractivity contribution is -0.140. The molecule has 4 aromatic rings. The van der Waals surface area contributed by atoms with Crippen molar-refractivity contribution in [2.75, 3.05) is 18.0 Å². The second-order valence-electron chi connectivity index (χ2n) is 12.2. The van der Waals surface area contributed by atoms with Gasteiger partial charge in [0.15, 0.2) is 0 Å². The van der Waals surface area contributed by atoms with Gasteiger partial charge in [0, 0.05) is 19.0 Å². The van der Waals surface area contributed by atoms with E-state index in [0.29, 0.717) is 11.3 Å². The highest BCUT2D eigenvalue weighted by atomic mass is 32.2. The average molecular weight is 672 g/mol. The maximum atomic E-state index is 14.6. The molecule has 1 saturated carbocycles. The number of carbonyl (C=O) groups excluding carboxylic acids is 2. The molecular formula is C38H42FN3O5S. The van der Waals surface area contributed by atoms with E-state index in [2.05, 4.69) is 5.32 Å². The normalized spacial score (nSPS) is 14.1. The quantitative estimate of drug-likeness (QED) is 0.177. The van der Waals surface area contributed by atoms with E-state index < -0.39 is 34.3 Å². The Labute approximate surface area is 282 Å². The number of halogens is 1. The van der Waals surface area contributed by atoms with Crippen molar-refractivity contribution in [3.63, 3.8) is 0 Å². The summed E-state index contributed by atoms with van der Waals surface area (Å²) < 4.78 is 48.7. The first kappa shape index (κ1) is 34.6. The molecule has 0 aromatic heterocycles. The van der Waals surface area contributed by atoms with Crippen molar-refractivity contribution < 1.29 is 27.1 Å². The van der Waals surface area contributed by atoms with Gasteiger partial charge in [-0.1, -0.05) is 79.4 Å². The summed E-state index contributed by atoms with van der Waals surface area (Å²) in [6.07, 6.45) is 5.10. The van der Waals surface area contributed by atoms with E-state index in [1.54, 1.807) is 37.4 Å². The molecule has 0 aliphatic heterocycles. The molecule has 1 atom stereocenters. The molecule has 8 nitrogen and oxygen atoms in total. The number of anilines is 1. The largest absolute Gasteiger partial charge is 0.497 e. The molecule has 5 rings (SSSR count). The van der Waals surface area contributed by atoms with Crippen molar-refractivity contribution in [3.8, 4) is 5.75 Å². The van der Waals surface area contributed by atoms with E-state index in [-0.39, 0.29) is 35.5 Å². The number of aryl methyl sites for hydroxylation is 1. The van der Waals surface area contributed by atoms with Crippen molar-refractivity contribution in [2.45, 2.75) is 69.0 Å². The predicted molar refractivity (Wildman–Crippen MR) is 185 cm³/mol. The average Bonchev–Trinajstić information content (AvgIpc) is 3.10. The van der Waals surface area contributed by atoms with Gasteiger partial charge in [-0.2, -0.15) is 0 Å². The van der Waals surface area contributed by atoms with Crippen LogP contribution < -0.4 is 14.4 Å². The van der Waals surface area contributed by atoms with Gasteiger partial charge in [-0.15, -0.1) is 0 Å². The number of nitrogens with one attached hydrogen (secondary N) is 1. The highest BCUT2D eigenvalue weighted by Crippen LogP contribution is 2.26. The summed E-state index contributed by atoms with van der Waals surface area (Å²) in [7, 11) is -2.73. The fraction of sp³-hybridized carbons (Fsp3) is 0.316. The van der Waals surface area contributed by atoms with Crippen molar-refractivity contribution in [2.24, 2.45) is 0 Å². The molecule has 48 heavy (non-hydrogen) atoms. The standard InChI is InChI=1S/C38H42FN3O5S/c1-28-16-22-35(23-17-28)48(45,46)42(33-20-18-31(39)19-21-33)27-37(43)41(26-30-12-9-15-34(24-30)47-2)36(25-29-10-5-3-6-11-29)38(44)40-32-13-7-4-8-14-32/h3,5-6,9-12,15-24,32,36H,4,7-8,13-14,25-27H2,1-2H3,(H,40,44). The fourth-order valence-corrected chi connectivity index (χ4v) is 7.45. The molecule has 1 unspecified atom stereocenters. The molecule has 0 heterocycles. The lowest BCUT2D eigenvalue weighted by atomic mass is 9.94. The minimum atomic E-state index is -4.28. The van der Waals surface area contributed by atoms with Gasteiger partial charge in [-0.3, -0.25) is 13.9 Å². The van der Waals surface area contributed by atoms with Crippen LogP contribution in [0.2, 0.25) is 0 Å². The van der Waals surface area contributed by atoms with Crippen LogP contribution in [0.5, 0.6) is 5.75 Å². The molecule has 1 aliphatic rings. The minimum Gasteiger partial charge on any atom is -0.497 e. The van der Waals surface area contributed by atoms with Gasteiger partial charge in [0.05, 0.1) is 17.7 Å². The van der Waals surface area contributed by atoms with Crippen molar-refractivity contribution >= 4 is 27.5 Å². The van der Waals surface area contributed by atoms with E-state index in [1.807, 2.05) is 43.3 Å². The first-order chi connectivity index (χ1) is 23.1. The van der Waals surface area contributed by atoms with E-state index >= 15 is 0 Å². The second-order valence-corrected chi connectivity index (χ2v) is 14.1. The highest BCUT2D eigenvalue weighted by molar-refractivity contribution is 7.92. The predicted octanol–water partition coefficient (Wildman–Crippen LogP) is 6.43. The monoisotopic (exact) mass is 671 g/mol. The van der Waals surface area contributed by atoms with Gasteiger partial charge in [0.2, 0.25) is 11.8 Å². The summed E-state index contributed by atoms with van der Waals surface area (Å²) in [5.41, 5.74) is 2.56. The van der Waals surface area contributed by atoms with Crippen LogP contribution in [0.15, 0.2) is 108 Å². The molecule has 0 radical (unpaired) electrons. The Bertz CT molecular complexity index is 1780. The maximum absolute atomic E-state index is 14.6. The van der Waals surface area contributed by atoms with Gasteiger partial charge >= 0.3 is 0 Å². The highest BCUT2D eigenvalue weighted by Gasteiger charge is 2.35. The van der Waals surface area contributed by atoms with Crippen molar-refractivity contribution in [1.29, 1.82) is 0 Å². The zero-order chi connectivity index (χ0) is 34.1. The Morgan fingerprint density at radius 3 is 2.21 bits per heavy atom. The van der Waals surface area contributed by atoms with Crippen LogP contribution in [-0.2, 0) is 32.6 Å². The van der Waals surface area contributed by atoms with Crippen LogP contribution in [0.4, 0.5) is 10.1 Å². The third kappa shape index (κ3) is 8.80. The first-order valence-electron chi connectivity index (χ1n) is 16.3. The molecule has 1 aliphatic carbocycles. The van der Waals surface area contributed by atoms with E-state index in [4.69, 9.17) is 4.74 Å². The van der Waals surface area contributed by atoms with E-state index in [0.717, 1.165) is 59.7 Å². The summed E-state index contributed by atoms with van der Waals surface area (Å²) in [4.78, 5) is 30.3. The van der Waals surface area contributed by atoms with Gasteiger partial charge in [-0.25, -0.2) is 12.8 Å². The number of methoxy groups -OCH3 is 1. The van der Waals surface area contributed by atoms with E-state index in [9.17, 15) is 22.4 Å². The Balaban J connectivity index is 1.57. The topological polar surface area (TPSA) is 96.0 Å². The SMILES string of the molecule is COc1cccc(CN(C(=O)CN(c2ccc(F)cc2)S(=O)(=O)c2ccc(C)cc2)C(Cc2ccccc2)C(=O)NC2CCCCC2)c1. The summed E-state index contributed by atoms with van der Waals surface area (Å²) in [6.45, 7) is 1.25. The van der Waals surface area contributed by atoms with Crippen molar-refractivity contribution in [3.05, 3.63) is 126 Å². The number of amides is 2. The number of carbonyl (C=O) groups is 2. The number of ether oxygens (including phenoxy) is 1. The van der Waals surface area contributed by atoms with Gasteiger partial charge in [0.1, 0.15) is 24.2 Å². The van der Waals surface area contributed by atoms with Crippen LogP contribution in [0, 0.1) is 12.7 Å². The molecule has 252 valence electrons. The zero-order valence-electron chi connectivity index (χ0n) is 27.3. The lowest BCUT2D eigenvalue weighted by Gasteiger charge is -2.35. The summed E-state index contributed by atoms with van der Waals surface area (Å²) in [5.74, 6) is -0.838. The zero-order valence-corrected chi connectivity index (χ0v) is 28.2. The van der Waals surface area contributed by atoms with Crippen LogP contribution >= 0.6 is 0 Å². The number of nitrogens with zero attached hydrogens (tertiary/aromatic N) is 2. The number of hydrogen-bond acceptors (Lipinski definition) is 5. The molecule has 0 bridgehead atoms. The number of benzene rings is 4. The molecule has 4 aromatic carbocycles. The first-order valence-corrected chi connectivity index (χ1v) is 17.7. The smallest absolute Gasteiger partial charge is 0.264 e. The maximum Gasteiger partial charge on any atom is 0.264 e. The molecule has 0 spiro atoms. The van der Waals surface area contributed by atoms with Crippen LogP contribution in [0.1, 0.15) is 48.8 Å².